The van der Waals surface area contributed by atoms with Gasteiger partial charge in [0.15, 0.2) is 11.7 Å². The Morgan fingerprint density at radius 2 is 2.07 bits per heavy atom. The van der Waals surface area contributed by atoms with Gasteiger partial charge in [-0.2, -0.15) is 0 Å². The van der Waals surface area contributed by atoms with Crippen LogP contribution in [-0.2, 0) is 6.54 Å². The van der Waals surface area contributed by atoms with Crippen LogP contribution in [0, 0.1) is 6.92 Å². The maximum absolute atomic E-state index is 6.00. The number of nitrogens with zero attached hydrogens (tertiary/aromatic N) is 3. The van der Waals surface area contributed by atoms with Crippen LogP contribution >= 0.6 is 24.0 Å². The lowest BCUT2D eigenvalue weighted by Gasteiger charge is -2.18. The van der Waals surface area contributed by atoms with Crippen LogP contribution in [0.15, 0.2) is 52.1 Å². The number of aromatic nitrogens is 3. The summed E-state index contributed by atoms with van der Waals surface area (Å²) in [4.78, 5) is 8.95. The molecule has 156 valence electrons. The molecule has 1 unspecified atom stereocenters. The van der Waals surface area contributed by atoms with Crippen molar-refractivity contribution in [1.82, 2.24) is 25.8 Å². The van der Waals surface area contributed by atoms with Crippen molar-refractivity contribution in [2.45, 2.75) is 33.4 Å². The Bertz CT molecular complexity index is 894. The molecule has 3 aromatic rings. The van der Waals surface area contributed by atoms with Gasteiger partial charge < -0.3 is 19.8 Å². The monoisotopic (exact) mass is 510 g/mol. The average molecular weight is 510 g/mol. The zero-order valence-corrected chi connectivity index (χ0v) is 19.1. The molecule has 0 aliphatic rings. The third-order valence-corrected chi connectivity index (χ3v) is 3.98. The fraction of sp³-hybridized carbons (Fsp3) is 0.350. The van der Waals surface area contributed by atoms with E-state index < -0.39 is 0 Å². The second-order valence-electron chi connectivity index (χ2n) is 6.35. The molecule has 1 aromatic carbocycles. The molecule has 0 fully saturated rings. The number of ether oxygens (including phenoxy) is 1. The second kappa shape index (κ2) is 11.4. The number of guanidine groups is 1. The molecular formula is C20H27IN6O2. The van der Waals surface area contributed by atoms with Crippen LogP contribution in [0.2, 0.25) is 0 Å². The second-order valence-corrected chi connectivity index (χ2v) is 6.35. The smallest absolute Gasteiger partial charge is 0.216 e. The van der Waals surface area contributed by atoms with Crippen LogP contribution in [0.25, 0.3) is 11.6 Å². The molecule has 29 heavy (non-hydrogen) atoms. The Balaban J connectivity index is 0.00000300. The highest BCUT2D eigenvalue weighted by atomic mass is 127. The van der Waals surface area contributed by atoms with E-state index in [1.165, 1.54) is 0 Å². The van der Waals surface area contributed by atoms with Gasteiger partial charge in [0.2, 0.25) is 5.82 Å². The molecular weight excluding hydrogens is 483 g/mol. The highest BCUT2D eigenvalue weighted by Crippen LogP contribution is 2.17. The summed E-state index contributed by atoms with van der Waals surface area (Å²) in [7, 11) is 0. The molecule has 9 heteroatoms. The average Bonchev–Trinajstić information content (AvgIpc) is 3.37. The number of nitrogens with one attached hydrogen (secondary N) is 3. The fourth-order valence-corrected chi connectivity index (χ4v) is 2.57. The molecule has 0 saturated carbocycles. The number of para-hydroxylation sites is 1. The number of hydrogen-bond donors (Lipinski definition) is 3. The van der Waals surface area contributed by atoms with Crippen molar-refractivity contribution in [3.63, 3.8) is 0 Å². The topological polar surface area (TPSA) is 100 Å². The lowest BCUT2D eigenvalue weighted by molar-refractivity contribution is 0.222. The maximum Gasteiger partial charge on any atom is 0.216 e. The molecule has 0 radical (unpaired) electrons. The van der Waals surface area contributed by atoms with Gasteiger partial charge in [-0.05, 0) is 44.5 Å². The predicted molar refractivity (Wildman–Crippen MR) is 124 cm³/mol. The normalized spacial score (nSPS) is 12.2. The van der Waals surface area contributed by atoms with Gasteiger partial charge in [-0.3, -0.25) is 5.10 Å². The van der Waals surface area contributed by atoms with Crippen LogP contribution in [0.4, 0.5) is 0 Å². The van der Waals surface area contributed by atoms with Gasteiger partial charge in [-0.15, -0.1) is 29.1 Å². The summed E-state index contributed by atoms with van der Waals surface area (Å²) in [6, 6.07) is 11.6. The summed E-state index contributed by atoms with van der Waals surface area (Å²) in [5.41, 5.74) is 1.12. The lowest BCUT2D eigenvalue weighted by Crippen LogP contribution is -2.41. The first-order chi connectivity index (χ1) is 13.7. The largest absolute Gasteiger partial charge is 0.489 e. The Morgan fingerprint density at radius 1 is 1.24 bits per heavy atom. The lowest BCUT2D eigenvalue weighted by atomic mass is 10.2. The summed E-state index contributed by atoms with van der Waals surface area (Å²) >= 11 is 0. The number of aryl methyl sites for hydroxylation is 1. The van der Waals surface area contributed by atoms with E-state index >= 15 is 0 Å². The molecule has 1 atom stereocenters. The maximum atomic E-state index is 6.00. The van der Waals surface area contributed by atoms with E-state index in [2.05, 4.69) is 30.8 Å². The number of H-pyrrole nitrogens is 1. The Morgan fingerprint density at radius 3 is 2.79 bits per heavy atom. The summed E-state index contributed by atoms with van der Waals surface area (Å²) < 4.78 is 11.3. The minimum Gasteiger partial charge on any atom is -0.489 e. The van der Waals surface area contributed by atoms with Gasteiger partial charge in [-0.1, -0.05) is 18.2 Å². The van der Waals surface area contributed by atoms with Crippen LogP contribution in [0.5, 0.6) is 5.75 Å². The number of furan rings is 1. The first kappa shape index (κ1) is 22.7. The summed E-state index contributed by atoms with van der Waals surface area (Å²) in [6.45, 7) is 7.83. The number of benzene rings is 1. The quantitative estimate of drug-likeness (QED) is 0.244. The van der Waals surface area contributed by atoms with Gasteiger partial charge in [0, 0.05) is 6.54 Å². The van der Waals surface area contributed by atoms with Crippen LogP contribution in [0.3, 0.4) is 0 Å². The molecule has 3 rings (SSSR count). The molecule has 0 saturated heterocycles. The van der Waals surface area contributed by atoms with Crippen molar-refractivity contribution < 1.29 is 9.15 Å². The molecule has 0 amide bonds. The number of hydrogen-bond acceptors (Lipinski definition) is 5. The van der Waals surface area contributed by atoms with Crippen molar-refractivity contribution in [1.29, 1.82) is 0 Å². The first-order valence-corrected chi connectivity index (χ1v) is 9.35. The van der Waals surface area contributed by atoms with Crippen molar-refractivity contribution in [2.75, 3.05) is 13.1 Å². The van der Waals surface area contributed by atoms with E-state index in [1.807, 2.05) is 51.1 Å². The third-order valence-electron chi connectivity index (χ3n) is 3.98. The van der Waals surface area contributed by atoms with Crippen molar-refractivity contribution in [3.8, 4) is 17.3 Å². The summed E-state index contributed by atoms with van der Waals surface area (Å²) in [6.07, 6.45) is 1.58. The van der Waals surface area contributed by atoms with E-state index in [-0.39, 0.29) is 30.1 Å². The van der Waals surface area contributed by atoms with E-state index in [4.69, 9.17) is 9.15 Å². The van der Waals surface area contributed by atoms with Gasteiger partial charge in [0.1, 0.15) is 24.2 Å². The summed E-state index contributed by atoms with van der Waals surface area (Å²) in [5, 5.41) is 13.6. The third kappa shape index (κ3) is 6.77. The minimum absolute atomic E-state index is 0. The predicted octanol–water partition coefficient (Wildman–Crippen LogP) is 3.51. The van der Waals surface area contributed by atoms with Gasteiger partial charge in [-0.25, -0.2) is 9.98 Å². The minimum atomic E-state index is -0.0132. The van der Waals surface area contributed by atoms with E-state index in [0.717, 1.165) is 17.9 Å². The van der Waals surface area contributed by atoms with Crippen LogP contribution < -0.4 is 15.4 Å². The molecule has 0 spiro atoms. The zero-order valence-electron chi connectivity index (χ0n) is 16.8. The number of rotatable bonds is 8. The van der Waals surface area contributed by atoms with Crippen LogP contribution in [-0.4, -0.2) is 40.3 Å². The number of aromatic amines is 1. The number of aliphatic imine (C=N–C) groups is 1. The van der Waals surface area contributed by atoms with Gasteiger partial charge >= 0.3 is 0 Å². The molecule has 0 bridgehead atoms. The van der Waals surface area contributed by atoms with Crippen molar-refractivity contribution >= 4 is 29.9 Å². The summed E-state index contributed by atoms with van der Waals surface area (Å²) in [5.74, 6) is 3.39. The van der Waals surface area contributed by atoms with Crippen molar-refractivity contribution in [3.05, 3.63) is 54.0 Å². The zero-order chi connectivity index (χ0) is 19.8. The Kier molecular flexibility index (Phi) is 8.97. The molecule has 0 aliphatic carbocycles. The highest BCUT2D eigenvalue weighted by molar-refractivity contribution is 14.0. The van der Waals surface area contributed by atoms with Gasteiger partial charge in [0.05, 0.1) is 12.8 Å². The van der Waals surface area contributed by atoms with Crippen molar-refractivity contribution in [2.24, 2.45) is 4.99 Å². The standard InChI is InChI=1S/C20H26N6O2.HI/c1-4-21-20(22-12-15(3)28-16-9-6-5-8-14(16)2)23-13-18-24-19(26-25-18)17-10-7-11-27-17;/h5-11,15H,4,12-13H2,1-3H3,(H2,21,22,23)(H,24,25,26);1H. The van der Waals surface area contributed by atoms with E-state index in [0.29, 0.717) is 36.5 Å². The highest BCUT2D eigenvalue weighted by Gasteiger charge is 2.09. The Hall–Kier alpha value is -2.56. The molecule has 2 aromatic heterocycles. The van der Waals surface area contributed by atoms with E-state index in [1.54, 1.807) is 12.3 Å². The SMILES string of the molecule is CCNC(=NCc1nc(-c2ccco2)n[nH]1)NCC(C)Oc1ccccc1C.I. The molecule has 3 N–H and O–H groups in total. The van der Waals surface area contributed by atoms with Crippen LogP contribution in [0.1, 0.15) is 25.2 Å². The molecule has 0 aliphatic heterocycles. The number of halogens is 1. The fourth-order valence-electron chi connectivity index (χ4n) is 2.57. The van der Waals surface area contributed by atoms with Gasteiger partial charge in [0.25, 0.3) is 0 Å². The first-order valence-electron chi connectivity index (χ1n) is 9.35. The van der Waals surface area contributed by atoms with E-state index in [9.17, 15) is 0 Å². The molecule has 8 nitrogen and oxygen atoms in total. The molecule has 2 heterocycles. The Labute approximate surface area is 187 Å².